The summed E-state index contributed by atoms with van der Waals surface area (Å²) in [5, 5.41) is 0. The maximum absolute atomic E-state index is 11.3. The first-order chi connectivity index (χ1) is 9.47. The molecule has 20 heavy (non-hydrogen) atoms. The molecule has 1 heterocycles. The number of ether oxygens (including phenoxy) is 4. The number of esters is 1. The van der Waals surface area contributed by atoms with Gasteiger partial charge in [0.15, 0.2) is 6.10 Å². The second-order valence-corrected chi connectivity index (χ2v) is 4.85. The van der Waals surface area contributed by atoms with Gasteiger partial charge in [0.25, 0.3) is 0 Å². The van der Waals surface area contributed by atoms with Gasteiger partial charge in [0.2, 0.25) is 0 Å². The topological polar surface area (TPSA) is 54.0 Å². The molecule has 0 saturated heterocycles. The van der Waals surface area contributed by atoms with Gasteiger partial charge >= 0.3 is 5.97 Å². The highest BCUT2D eigenvalue weighted by Crippen LogP contribution is 2.44. The van der Waals surface area contributed by atoms with Crippen LogP contribution in [0.1, 0.15) is 44.1 Å². The van der Waals surface area contributed by atoms with Gasteiger partial charge in [-0.15, -0.1) is 0 Å². The normalized spacial score (nSPS) is 24.8. The lowest BCUT2D eigenvalue weighted by Crippen LogP contribution is -2.31. The van der Waals surface area contributed by atoms with Crippen LogP contribution in [0.25, 0.3) is 0 Å². The Morgan fingerprint density at radius 3 is 2.45 bits per heavy atom. The monoisotopic (exact) mass is 280 g/mol. The third kappa shape index (κ3) is 2.58. The van der Waals surface area contributed by atoms with Gasteiger partial charge in [0.05, 0.1) is 26.4 Å². The average Bonchev–Trinajstić information content (AvgIpc) is 2.41. The quantitative estimate of drug-likeness (QED) is 0.797. The molecule has 1 aliphatic heterocycles. The van der Waals surface area contributed by atoms with Gasteiger partial charge in [0, 0.05) is 24.1 Å². The summed E-state index contributed by atoms with van der Waals surface area (Å²) in [5.74, 6) is 1.00. The Balaban J connectivity index is 2.57. The van der Waals surface area contributed by atoms with E-state index in [1.807, 2.05) is 19.9 Å². The third-order valence-electron chi connectivity index (χ3n) is 3.45. The zero-order valence-corrected chi connectivity index (χ0v) is 12.4. The zero-order chi connectivity index (χ0) is 14.9. The Hall–Kier alpha value is -1.75. The number of hydrogen-bond donors (Lipinski definition) is 0. The molecule has 0 radical (unpaired) electrons. The molecular formula is C15H20O5. The van der Waals surface area contributed by atoms with E-state index in [-0.39, 0.29) is 18.2 Å². The Morgan fingerprint density at radius 2 is 1.90 bits per heavy atom. The first kappa shape index (κ1) is 14.7. The van der Waals surface area contributed by atoms with Crippen molar-refractivity contribution in [3.05, 3.63) is 23.3 Å². The highest BCUT2D eigenvalue weighted by atomic mass is 16.6. The summed E-state index contributed by atoms with van der Waals surface area (Å²) < 4.78 is 21.9. The fourth-order valence-electron chi connectivity index (χ4n) is 2.63. The molecular weight excluding hydrogens is 260 g/mol. The van der Waals surface area contributed by atoms with Crippen LogP contribution in [0.3, 0.4) is 0 Å². The van der Waals surface area contributed by atoms with Crippen molar-refractivity contribution in [1.82, 2.24) is 0 Å². The van der Waals surface area contributed by atoms with Crippen molar-refractivity contribution in [2.75, 3.05) is 14.2 Å². The highest BCUT2D eigenvalue weighted by Gasteiger charge is 2.36. The van der Waals surface area contributed by atoms with Crippen LogP contribution >= 0.6 is 0 Å². The van der Waals surface area contributed by atoms with Crippen molar-refractivity contribution >= 4 is 5.97 Å². The lowest BCUT2D eigenvalue weighted by atomic mass is 9.91. The summed E-state index contributed by atoms with van der Waals surface area (Å²) in [6.45, 7) is 5.23. The van der Waals surface area contributed by atoms with Crippen molar-refractivity contribution in [2.24, 2.45) is 0 Å². The molecule has 5 nitrogen and oxygen atoms in total. The van der Waals surface area contributed by atoms with Crippen LogP contribution in [-0.4, -0.2) is 26.3 Å². The molecule has 0 aromatic heterocycles. The lowest BCUT2D eigenvalue weighted by molar-refractivity contribution is -0.161. The molecule has 2 rings (SSSR count). The Labute approximate surface area is 118 Å². The van der Waals surface area contributed by atoms with Crippen LogP contribution in [0.5, 0.6) is 11.5 Å². The van der Waals surface area contributed by atoms with Crippen molar-refractivity contribution < 1.29 is 23.7 Å². The number of fused-ring (bicyclic) bond motifs is 1. The highest BCUT2D eigenvalue weighted by molar-refractivity contribution is 5.66. The molecule has 0 aliphatic carbocycles. The summed E-state index contributed by atoms with van der Waals surface area (Å²) in [6, 6.07) is 3.68. The SMILES string of the molecule is COc1cc(OC)c2c(c1)[C@H](OC(C)=O)[C@H](C)O[C@H]2C. The molecule has 1 aromatic rings. The van der Waals surface area contributed by atoms with Gasteiger partial charge in [-0.05, 0) is 19.9 Å². The fourth-order valence-corrected chi connectivity index (χ4v) is 2.63. The predicted molar refractivity (Wildman–Crippen MR) is 73.0 cm³/mol. The standard InChI is InChI=1S/C15H20O5/c1-8-14-12(6-11(17-4)7-13(14)18-5)15(9(2)19-8)20-10(3)16/h6-9,15H,1-5H3/t8-,9-,15+/m0/s1. The van der Waals surface area contributed by atoms with Crippen LogP contribution in [0.15, 0.2) is 12.1 Å². The summed E-state index contributed by atoms with van der Waals surface area (Å²) in [6.07, 6.45) is -0.812. The molecule has 110 valence electrons. The number of hydrogen-bond acceptors (Lipinski definition) is 5. The minimum absolute atomic E-state index is 0.132. The van der Waals surface area contributed by atoms with E-state index in [1.54, 1.807) is 20.3 Å². The van der Waals surface area contributed by atoms with E-state index in [0.717, 1.165) is 11.1 Å². The van der Waals surface area contributed by atoms with E-state index < -0.39 is 6.10 Å². The molecule has 0 N–H and O–H groups in total. The number of rotatable bonds is 3. The molecule has 0 unspecified atom stereocenters. The van der Waals surface area contributed by atoms with Gasteiger partial charge in [-0.25, -0.2) is 0 Å². The molecule has 5 heteroatoms. The minimum atomic E-state index is -0.456. The van der Waals surface area contributed by atoms with Crippen LogP contribution in [0, 0.1) is 0 Å². The van der Waals surface area contributed by atoms with Crippen molar-refractivity contribution in [3.63, 3.8) is 0 Å². The van der Waals surface area contributed by atoms with E-state index in [1.165, 1.54) is 6.92 Å². The van der Waals surface area contributed by atoms with E-state index in [4.69, 9.17) is 18.9 Å². The van der Waals surface area contributed by atoms with Crippen LogP contribution in [0.2, 0.25) is 0 Å². The molecule has 0 spiro atoms. The first-order valence-electron chi connectivity index (χ1n) is 6.56. The lowest BCUT2D eigenvalue weighted by Gasteiger charge is -2.35. The maximum atomic E-state index is 11.3. The van der Waals surface area contributed by atoms with Crippen LogP contribution < -0.4 is 9.47 Å². The molecule has 1 aromatic carbocycles. The number of benzene rings is 1. The van der Waals surface area contributed by atoms with E-state index in [2.05, 4.69) is 0 Å². The Morgan fingerprint density at radius 1 is 1.20 bits per heavy atom. The van der Waals surface area contributed by atoms with Crippen molar-refractivity contribution in [1.29, 1.82) is 0 Å². The van der Waals surface area contributed by atoms with Crippen molar-refractivity contribution in [3.8, 4) is 11.5 Å². The van der Waals surface area contributed by atoms with Gasteiger partial charge < -0.3 is 18.9 Å². The van der Waals surface area contributed by atoms with E-state index in [9.17, 15) is 4.79 Å². The fraction of sp³-hybridized carbons (Fsp3) is 0.533. The summed E-state index contributed by atoms with van der Waals surface area (Å²) in [4.78, 5) is 11.3. The van der Waals surface area contributed by atoms with Crippen molar-refractivity contribution in [2.45, 2.75) is 39.1 Å². The Kier molecular flexibility index (Phi) is 4.18. The predicted octanol–water partition coefficient (Wildman–Crippen LogP) is 2.79. The minimum Gasteiger partial charge on any atom is -0.497 e. The summed E-state index contributed by atoms with van der Waals surface area (Å²) >= 11 is 0. The first-order valence-corrected chi connectivity index (χ1v) is 6.56. The third-order valence-corrected chi connectivity index (χ3v) is 3.45. The summed E-state index contributed by atoms with van der Waals surface area (Å²) in [7, 11) is 3.19. The number of carbonyl (C=O) groups excluding carboxylic acids is 1. The van der Waals surface area contributed by atoms with Gasteiger partial charge in [-0.1, -0.05) is 0 Å². The van der Waals surface area contributed by atoms with Gasteiger partial charge in [0.1, 0.15) is 11.5 Å². The Bertz CT molecular complexity index is 511. The van der Waals surface area contributed by atoms with Gasteiger partial charge in [-0.2, -0.15) is 0 Å². The smallest absolute Gasteiger partial charge is 0.303 e. The van der Waals surface area contributed by atoms with Gasteiger partial charge in [-0.3, -0.25) is 4.79 Å². The maximum Gasteiger partial charge on any atom is 0.303 e. The average molecular weight is 280 g/mol. The van der Waals surface area contributed by atoms with E-state index >= 15 is 0 Å². The zero-order valence-electron chi connectivity index (χ0n) is 12.4. The van der Waals surface area contributed by atoms with E-state index in [0.29, 0.717) is 11.5 Å². The molecule has 0 amide bonds. The molecule has 1 aliphatic rings. The number of methoxy groups -OCH3 is 2. The summed E-state index contributed by atoms with van der Waals surface area (Å²) in [5.41, 5.74) is 1.78. The van der Waals surface area contributed by atoms with Crippen LogP contribution in [0.4, 0.5) is 0 Å². The van der Waals surface area contributed by atoms with Crippen LogP contribution in [-0.2, 0) is 14.3 Å². The number of carbonyl (C=O) groups is 1. The molecule has 3 atom stereocenters. The molecule has 0 bridgehead atoms. The second-order valence-electron chi connectivity index (χ2n) is 4.85. The molecule has 0 saturated carbocycles. The second kappa shape index (κ2) is 5.71. The largest absolute Gasteiger partial charge is 0.497 e. The molecule has 0 fully saturated rings.